The molecule has 0 saturated heterocycles. The van der Waals surface area contributed by atoms with Crippen LogP contribution in [0.5, 0.6) is 0 Å². The lowest BCUT2D eigenvalue weighted by molar-refractivity contribution is 0.316. The van der Waals surface area contributed by atoms with Gasteiger partial charge in [-0.3, -0.25) is 0 Å². The van der Waals surface area contributed by atoms with Crippen LogP contribution in [0.25, 0.3) is 0 Å². The molecule has 1 aromatic heterocycles. The van der Waals surface area contributed by atoms with E-state index in [-0.39, 0.29) is 11.9 Å². The van der Waals surface area contributed by atoms with E-state index in [1.807, 2.05) is 20.0 Å². The number of fused-ring (bicyclic) bond motifs is 1. The van der Waals surface area contributed by atoms with Crippen molar-refractivity contribution in [3.63, 3.8) is 0 Å². The Morgan fingerprint density at radius 2 is 2.33 bits per heavy atom. The van der Waals surface area contributed by atoms with Crippen molar-refractivity contribution in [2.75, 3.05) is 11.9 Å². The first-order chi connectivity index (χ1) is 8.61. The van der Waals surface area contributed by atoms with Crippen LogP contribution >= 0.6 is 0 Å². The molecule has 1 unspecified atom stereocenters. The fourth-order valence-electron chi connectivity index (χ4n) is 2.31. The van der Waals surface area contributed by atoms with Crippen molar-refractivity contribution < 1.29 is 5.21 Å². The molecule has 18 heavy (non-hydrogen) atoms. The summed E-state index contributed by atoms with van der Waals surface area (Å²) in [6.45, 7) is 2.03. The van der Waals surface area contributed by atoms with Crippen LogP contribution in [0.15, 0.2) is 17.3 Å². The molecule has 1 aromatic rings. The second-order valence-electron chi connectivity index (χ2n) is 4.88. The number of rotatable bonds is 4. The fourth-order valence-corrected chi connectivity index (χ4v) is 2.31. The summed E-state index contributed by atoms with van der Waals surface area (Å²) in [6.07, 6.45) is 3.94. The van der Waals surface area contributed by atoms with Gasteiger partial charge >= 0.3 is 0 Å². The summed E-state index contributed by atoms with van der Waals surface area (Å²) in [6, 6.07) is 4.36. The van der Waals surface area contributed by atoms with E-state index in [1.165, 1.54) is 17.7 Å². The topological polar surface area (TPSA) is 74.7 Å². The molecule has 0 radical (unpaired) electrons. The van der Waals surface area contributed by atoms with E-state index >= 15 is 0 Å². The largest absolute Gasteiger partial charge is 0.409 e. The van der Waals surface area contributed by atoms with Crippen molar-refractivity contribution in [1.82, 2.24) is 4.98 Å². The Kier molecular flexibility index (Phi) is 3.69. The minimum atomic E-state index is 0.146. The Labute approximate surface area is 107 Å². The molecule has 0 fully saturated rings. The zero-order chi connectivity index (χ0) is 13.1. The summed E-state index contributed by atoms with van der Waals surface area (Å²) in [7, 11) is 1.99. The van der Waals surface area contributed by atoms with Crippen molar-refractivity contribution in [1.29, 1.82) is 0 Å². The van der Waals surface area contributed by atoms with Crippen LogP contribution in [0.3, 0.4) is 0 Å². The van der Waals surface area contributed by atoms with Crippen LogP contribution in [0, 0.1) is 0 Å². The van der Waals surface area contributed by atoms with E-state index in [0.717, 1.165) is 18.7 Å². The third-order valence-corrected chi connectivity index (χ3v) is 3.57. The molecule has 1 atom stereocenters. The van der Waals surface area contributed by atoms with E-state index in [2.05, 4.69) is 16.1 Å². The summed E-state index contributed by atoms with van der Waals surface area (Å²) < 4.78 is 0. The van der Waals surface area contributed by atoms with Crippen molar-refractivity contribution in [3.05, 3.63) is 23.4 Å². The first-order valence-electron chi connectivity index (χ1n) is 6.30. The zero-order valence-electron chi connectivity index (χ0n) is 10.9. The average molecular weight is 248 g/mol. The number of nitrogens with zero attached hydrogens (tertiary/aromatic N) is 3. The van der Waals surface area contributed by atoms with Gasteiger partial charge in [0.15, 0.2) is 0 Å². The average Bonchev–Trinajstić information content (AvgIpc) is 2.84. The number of hydrogen-bond donors (Lipinski definition) is 2. The summed E-state index contributed by atoms with van der Waals surface area (Å²) >= 11 is 0. The molecule has 0 amide bonds. The van der Waals surface area contributed by atoms with Crippen LogP contribution < -0.4 is 10.6 Å². The molecule has 98 valence electrons. The number of hydrogen-bond acceptors (Lipinski definition) is 4. The molecule has 0 aromatic carbocycles. The van der Waals surface area contributed by atoms with Gasteiger partial charge in [-0.15, -0.1) is 0 Å². The maximum Gasteiger partial charge on any atom is 0.141 e. The molecule has 1 aliphatic carbocycles. The number of aromatic nitrogens is 1. The second kappa shape index (κ2) is 5.25. The Morgan fingerprint density at radius 3 is 3.06 bits per heavy atom. The van der Waals surface area contributed by atoms with Gasteiger partial charge < -0.3 is 15.8 Å². The Balaban J connectivity index is 2.11. The normalized spacial score (nSPS) is 16.4. The minimum absolute atomic E-state index is 0.146. The highest BCUT2D eigenvalue weighted by molar-refractivity contribution is 5.80. The maximum atomic E-state index is 8.59. The zero-order valence-corrected chi connectivity index (χ0v) is 10.9. The lowest BCUT2D eigenvalue weighted by Crippen LogP contribution is -2.33. The van der Waals surface area contributed by atoms with Gasteiger partial charge in [-0.2, -0.15) is 0 Å². The Morgan fingerprint density at radius 1 is 1.56 bits per heavy atom. The summed E-state index contributed by atoms with van der Waals surface area (Å²) in [4.78, 5) is 6.76. The highest BCUT2D eigenvalue weighted by Gasteiger charge is 2.17. The predicted octanol–water partition coefficient (Wildman–Crippen LogP) is 1.53. The molecular formula is C13H20N4O. The lowest BCUT2D eigenvalue weighted by Gasteiger charge is -2.26. The molecule has 0 spiro atoms. The molecule has 3 N–H and O–H groups in total. The maximum absolute atomic E-state index is 8.59. The minimum Gasteiger partial charge on any atom is -0.409 e. The van der Waals surface area contributed by atoms with Gasteiger partial charge in [-0.05, 0) is 37.8 Å². The molecule has 0 bridgehead atoms. The highest BCUT2D eigenvalue weighted by atomic mass is 16.4. The second-order valence-corrected chi connectivity index (χ2v) is 4.88. The molecular weight excluding hydrogens is 228 g/mol. The highest BCUT2D eigenvalue weighted by Crippen LogP contribution is 2.23. The van der Waals surface area contributed by atoms with Crippen LogP contribution in [0.2, 0.25) is 0 Å². The van der Waals surface area contributed by atoms with E-state index in [1.54, 1.807) is 0 Å². The number of anilines is 1. The summed E-state index contributed by atoms with van der Waals surface area (Å²) in [5.74, 6) is 1.20. The van der Waals surface area contributed by atoms with Crippen LogP contribution in [0.4, 0.5) is 5.82 Å². The molecule has 5 nitrogen and oxygen atoms in total. The SMILES string of the molecule is CC(C/C(N)=N/O)N(C)c1ccc2c(n1)CCC2. The van der Waals surface area contributed by atoms with Crippen LogP contribution in [-0.2, 0) is 12.8 Å². The Hall–Kier alpha value is -1.78. The van der Waals surface area contributed by atoms with E-state index in [0.29, 0.717) is 6.42 Å². The predicted molar refractivity (Wildman–Crippen MR) is 72.2 cm³/mol. The number of aryl methyl sites for hydroxylation is 2. The van der Waals surface area contributed by atoms with Gasteiger partial charge in [0.25, 0.3) is 0 Å². The van der Waals surface area contributed by atoms with E-state index < -0.39 is 0 Å². The van der Waals surface area contributed by atoms with Gasteiger partial charge in [-0.1, -0.05) is 11.2 Å². The standard InChI is InChI=1S/C13H20N4O/c1-9(8-12(14)16-18)17(2)13-7-6-10-4-3-5-11(10)15-13/h6-7,9,18H,3-5,8H2,1-2H3,(H2,14,16). The van der Waals surface area contributed by atoms with Crippen molar-refractivity contribution in [2.24, 2.45) is 10.9 Å². The first kappa shape index (κ1) is 12.7. The van der Waals surface area contributed by atoms with Gasteiger partial charge in [-0.25, -0.2) is 4.98 Å². The summed E-state index contributed by atoms with van der Waals surface area (Å²) in [5.41, 5.74) is 8.12. The first-order valence-corrected chi connectivity index (χ1v) is 6.30. The van der Waals surface area contributed by atoms with E-state index in [4.69, 9.17) is 15.9 Å². The lowest BCUT2D eigenvalue weighted by atomic mass is 10.2. The van der Waals surface area contributed by atoms with Crippen LogP contribution in [0.1, 0.15) is 31.0 Å². The van der Waals surface area contributed by atoms with Gasteiger partial charge in [0.2, 0.25) is 0 Å². The number of pyridine rings is 1. The third kappa shape index (κ3) is 2.55. The number of amidine groups is 1. The van der Waals surface area contributed by atoms with E-state index in [9.17, 15) is 0 Å². The fraction of sp³-hybridized carbons (Fsp3) is 0.538. The van der Waals surface area contributed by atoms with Crippen molar-refractivity contribution in [2.45, 2.75) is 38.6 Å². The van der Waals surface area contributed by atoms with Crippen LogP contribution in [-0.4, -0.2) is 29.1 Å². The van der Waals surface area contributed by atoms with Crippen molar-refractivity contribution in [3.8, 4) is 0 Å². The molecule has 5 heteroatoms. The molecule has 2 rings (SSSR count). The quantitative estimate of drug-likeness (QED) is 0.367. The number of oxime groups is 1. The smallest absolute Gasteiger partial charge is 0.141 e. The summed E-state index contributed by atoms with van der Waals surface area (Å²) in [5, 5.41) is 11.6. The monoisotopic (exact) mass is 248 g/mol. The van der Waals surface area contributed by atoms with Crippen molar-refractivity contribution >= 4 is 11.7 Å². The number of nitrogens with two attached hydrogens (primary N) is 1. The van der Waals surface area contributed by atoms with Gasteiger partial charge in [0.1, 0.15) is 11.7 Å². The Bertz CT molecular complexity index is 458. The van der Waals surface area contributed by atoms with Gasteiger partial charge in [0, 0.05) is 25.2 Å². The molecule has 1 heterocycles. The molecule has 0 saturated carbocycles. The van der Waals surface area contributed by atoms with Gasteiger partial charge in [0.05, 0.1) is 0 Å². The molecule has 1 aliphatic rings. The third-order valence-electron chi connectivity index (χ3n) is 3.57. The molecule has 0 aliphatic heterocycles.